The second-order valence-corrected chi connectivity index (χ2v) is 5.55. The lowest BCUT2D eigenvalue weighted by atomic mass is 10.5. The topological polar surface area (TPSA) is 72.5 Å². The third-order valence-electron chi connectivity index (χ3n) is 1.35. The van der Waals surface area contributed by atoms with Crippen LogP contribution in [0.3, 0.4) is 0 Å². The second-order valence-electron chi connectivity index (χ2n) is 2.22. The molecule has 11 heavy (non-hydrogen) atoms. The van der Waals surface area contributed by atoms with Crippen molar-refractivity contribution in [3.8, 4) is 0 Å². The molecule has 0 fully saturated rings. The molecule has 1 rings (SSSR count). The molecule has 0 radical (unpaired) electrons. The van der Waals surface area contributed by atoms with Crippen molar-refractivity contribution in [1.29, 1.82) is 0 Å². The van der Waals surface area contributed by atoms with E-state index in [9.17, 15) is 8.42 Å². The molecular formula is C5H10N2O2S2. The minimum Gasteiger partial charge on any atom is -0.281 e. The second kappa shape index (κ2) is 3.12. The van der Waals surface area contributed by atoms with E-state index < -0.39 is 14.6 Å². The van der Waals surface area contributed by atoms with Crippen LogP contribution in [0.4, 0.5) is 0 Å². The van der Waals surface area contributed by atoms with Gasteiger partial charge in [0.15, 0.2) is 0 Å². The van der Waals surface area contributed by atoms with Gasteiger partial charge in [0, 0.05) is 0 Å². The maximum Gasteiger partial charge on any atom is 0.223 e. The molecule has 4 nitrogen and oxygen atoms in total. The Morgan fingerprint density at radius 3 is 2.73 bits per heavy atom. The maximum atomic E-state index is 10.8. The van der Waals surface area contributed by atoms with Gasteiger partial charge in [0.2, 0.25) is 10.0 Å². The van der Waals surface area contributed by atoms with E-state index in [2.05, 4.69) is 4.99 Å². The van der Waals surface area contributed by atoms with Gasteiger partial charge in [-0.15, -0.1) is 0 Å². The first-order valence-corrected chi connectivity index (χ1v) is 5.74. The van der Waals surface area contributed by atoms with Crippen molar-refractivity contribution >= 4 is 26.8 Å². The van der Waals surface area contributed by atoms with E-state index in [1.807, 2.05) is 6.92 Å². The molecule has 0 bridgehead atoms. The lowest BCUT2D eigenvalue weighted by Crippen LogP contribution is -2.26. The van der Waals surface area contributed by atoms with Crippen LogP contribution in [0.25, 0.3) is 0 Å². The van der Waals surface area contributed by atoms with E-state index in [0.29, 0.717) is 6.54 Å². The SMILES string of the molecule is CCC1=NCC(S(N)(=O)=O)S1. The molecule has 0 saturated heterocycles. The molecule has 1 unspecified atom stereocenters. The Kier molecular flexibility index (Phi) is 2.56. The largest absolute Gasteiger partial charge is 0.281 e. The lowest BCUT2D eigenvalue weighted by molar-refractivity contribution is 0.595. The van der Waals surface area contributed by atoms with Gasteiger partial charge in [0.05, 0.1) is 11.6 Å². The zero-order chi connectivity index (χ0) is 8.48. The van der Waals surface area contributed by atoms with Gasteiger partial charge in [0.25, 0.3) is 0 Å². The quantitative estimate of drug-likeness (QED) is 0.680. The van der Waals surface area contributed by atoms with E-state index >= 15 is 0 Å². The van der Waals surface area contributed by atoms with Crippen molar-refractivity contribution in [2.24, 2.45) is 10.1 Å². The first-order chi connectivity index (χ1) is 5.04. The number of sulfonamides is 1. The Labute approximate surface area is 70.3 Å². The van der Waals surface area contributed by atoms with Gasteiger partial charge >= 0.3 is 0 Å². The highest BCUT2D eigenvalue weighted by molar-refractivity contribution is 8.22. The van der Waals surface area contributed by atoms with E-state index in [4.69, 9.17) is 5.14 Å². The van der Waals surface area contributed by atoms with Crippen molar-refractivity contribution in [2.75, 3.05) is 6.54 Å². The van der Waals surface area contributed by atoms with Crippen LogP contribution in [0.15, 0.2) is 4.99 Å². The molecule has 0 spiro atoms. The van der Waals surface area contributed by atoms with Crippen LogP contribution in [-0.2, 0) is 10.0 Å². The van der Waals surface area contributed by atoms with Crippen molar-refractivity contribution in [3.63, 3.8) is 0 Å². The molecule has 0 saturated carbocycles. The summed E-state index contributed by atoms with van der Waals surface area (Å²) in [5.74, 6) is 0. The molecule has 1 atom stereocenters. The summed E-state index contributed by atoms with van der Waals surface area (Å²) in [6.07, 6.45) is 0.788. The van der Waals surface area contributed by atoms with Crippen LogP contribution >= 0.6 is 11.8 Å². The van der Waals surface area contributed by atoms with Gasteiger partial charge in [-0.05, 0) is 6.42 Å². The minimum atomic E-state index is -3.40. The first-order valence-electron chi connectivity index (χ1n) is 3.25. The molecule has 1 heterocycles. The number of nitrogens with zero attached hydrogens (tertiary/aromatic N) is 1. The van der Waals surface area contributed by atoms with Gasteiger partial charge in [-0.1, -0.05) is 18.7 Å². The average Bonchev–Trinajstić information content (AvgIpc) is 2.32. The number of aliphatic imine (C=N–C) groups is 1. The van der Waals surface area contributed by atoms with Crippen molar-refractivity contribution in [2.45, 2.75) is 17.9 Å². The van der Waals surface area contributed by atoms with Crippen LogP contribution in [0.1, 0.15) is 13.3 Å². The Bertz CT molecular complexity index is 270. The summed E-state index contributed by atoms with van der Waals surface area (Å²) in [6, 6.07) is 0. The molecule has 0 aromatic rings. The van der Waals surface area contributed by atoms with Gasteiger partial charge < -0.3 is 0 Å². The fourth-order valence-corrected chi connectivity index (χ4v) is 2.69. The summed E-state index contributed by atoms with van der Waals surface area (Å²) in [7, 11) is -3.40. The number of hydrogen-bond acceptors (Lipinski definition) is 4. The van der Waals surface area contributed by atoms with Crippen molar-refractivity contribution in [1.82, 2.24) is 0 Å². The first kappa shape index (κ1) is 9.02. The van der Waals surface area contributed by atoms with Crippen LogP contribution in [0.2, 0.25) is 0 Å². The van der Waals surface area contributed by atoms with E-state index in [1.54, 1.807) is 0 Å². The number of rotatable bonds is 2. The molecule has 0 aliphatic carbocycles. The van der Waals surface area contributed by atoms with Crippen LogP contribution < -0.4 is 5.14 Å². The fourth-order valence-electron chi connectivity index (χ4n) is 0.769. The molecule has 6 heteroatoms. The highest BCUT2D eigenvalue weighted by Crippen LogP contribution is 2.25. The number of hydrogen-bond donors (Lipinski definition) is 1. The Balaban J connectivity index is 2.62. The van der Waals surface area contributed by atoms with E-state index in [-0.39, 0.29) is 0 Å². The molecule has 64 valence electrons. The van der Waals surface area contributed by atoms with Gasteiger partial charge in [-0.3, -0.25) is 4.99 Å². The third-order valence-corrected chi connectivity index (χ3v) is 4.43. The zero-order valence-corrected chi connectivity index (χ0v) is 7.78. The summed E-state index contributed by atoms with van der Waals surface area (Å²) in [5, 5.41) is 5.81. The van der Waals surface area contributed by atoms with Crippen LogP contribution in [-0.4, -0.2) is 24.6 Å². The Hall–Kier alpha value is -0.0700. The van der Waals surface area contributed by atoms with Crippen molar-refractivity contribution < 1.29 is 8.42 Å². The van der Waals surface area contributed by atoms with Gasteiger partial charge in [-0.25, -0.2) is 13.6 Å². The molecule has 1 aliphatic rings. The van der Waals surface area contributed by atoms with Gasteiger partial charge in [0.1, 0.15) is 4.58 Å². The maximum absolute atomic E-state index is 10.8. The Morgan fingerprint density at radius 1 is 1.82 bits per heavy atom. The predicted octanol–water partition coefficient (Wildman–Crippen LogP) is 0.156. The summed E-state index contributed by atoms with van der Waals surface area (Å²) in [6.45, 7) is 2.25. The highest BCUT2D eigenvalue weighted by Gasteiger charge is 2.27. The molecule has 1 aliphatic heterocycles. The number of primary sulfonamides is 1. The van der Waals surface area contributed by atoms with E-state index in [0.717, 1.165) is 11.5 Å². The molecule has 0 amide bonds. The molecule has 2 N–H and O–H groups in total. The third kappa shape index (κ3) is 2.18. The minimum absolute atomic E-state index is 0.312. The van der Waals surface area contributed by atoms with Crippen LogP contribution in [0.5, 0.6) is 0 Å². The van der Waals surface area contributed by atoms with Gasteiger partial charge in [-0.2, -0.15) is 0 Å². The highest BCUT2D eigenvalue weighted by atomic mass is 32.3. The fraction of sp³-hybridized carbons (Fsp3) is 0.800. The Morgan fingerprint density at radius 2 is 2.45 bits per heavy atom. The predicted molar refractivity (Wildman–Crippen MR) is 47.1 cm³/mol. The number of nitrogens with two attached hydrogens (primary N) is 1. The average molecular weight is 194 g/mol. The standard InChI is InChI=1S/C5H10N2O2S2/c1-2-4-7-3-5(10-4)11(6,8)9/h5H,2-3H2,1H3,(H2,6,8,9). The summed E-state index contributed by atoms with van der Waals surface area (Å²) in [4.78, 5) is 4.02. The number of thioether (sulfide) groups is 1. The smallest absolute Gasteiger partial charge is 0.223 e. The van der Waals surface area contributed by atoms with Crippen LogP contribution in [0, 0.1) is 0 Å². The van der Waals surface area contributed by atoms with E-state index in [1.165, 1.54) is 11.8 Å². The lowest BCUT2D eigenvalue weighted by Gasteiger charge is -2.02. The van der Waals surface area contributed by atoms with Crippen molar-refractivity contribution in [3.05, 3.63) is 0 Å². The zero-order valence-electron chi connectivity index (χ0n) is 6.15. The molecule has 0 aromatic carbocycles. The molecular weight excluding hydrogens is 184 g/mol. The molecule has 0 aromatic heterocycles. The summed E-state index contributed by atoms with van der Waals surface area (Å²) >= 11 is 1.25. The normalized spacial score (nSPS) is 25.3. The summed E-state index contributed by atoms with van der Waals surface area (Å²) in [5.41, 5.74) is 0. The summed E-state index contributed by atoms with van der Waals surface area (Å²) < 4.78 is 21.0. The monoisotopic (exact) mass is 194 g/mol.